The van der Waals surface area contributed by atoms with Gasteiger partial charge >= 0.3 is 5.97 Å². The van der Waals surface area contributed by atoms with E-state index in [1.807, 2.05) is 4.90 Å². The lowest BCUT2D eigenvalue weighted by Gasteiger charge is -2.30. The van der Waals surface area contributed by atoms with E-state index in [9.17, 15) is 14.4 Å². The molecule has 7 nitrogen and oxygen atoms in total. The van der Waals surface area contributed by atoms with Gasteiger partial charge in [0.05, 0.1) is 17.8 Å². The fourth-order valence-corrected chi connectivity index (χ4v) is 4.26. The van der Waals surface area contributed by atoms with Crippen LogP contribution >= 0.6 is 11.3 Å². The molecule has 0 atom stereocenters. The first kappa shape index (κ1) is 19.5. The zero-order chi connectivity index (χ0) is 19.7. The Morgan fingerprint density at radius 2 is 2.00 bits per heavy atom. The average Bonchev–Trinajstić information content (AvgIpc) is 2.95. The van der Waals surface area contributed by atoms with Crippen molar-refractivity contribution in [1.82, 2.24) is 14.5 Å². The van der Waals surface area contributed by atoms with Gasteiger partial charge in [-0.1, -0.05) is 6.92 Å². The number of hydrogen-bond donors (Lipinski definition) is 0. The SMILES string of the molecule is Cc1c(C(=O)OC(C)C)sc2ncn(CC(=O)N3CCC(C)CC3)c(=O)c12. The zero-order valence-electron chi connectivity index (χ0n) is 16.2. The van der Waals surface area contributed by atoms with E-state index in [1.54, 1.807) is 20.8 Å². The van der Waals surface area contributed by atoms with Crippen LogP contribution in [-0.4, -0.2) is 45.5 Å². The highest BCUT2D eigenvalue weighted by atomic mass is 32.1. The maximum atomic E-state index is 12.9. The van der Waals surface area contributed by atoms with Crippen LogP contribution in [0.4, 0.5) is 0 Å². The van der Waals surface area contributed by atoms with Crippen molar-refractivity contribution in [3.8, 4) is 0 Å². The van der Waals surface area contributed by atoms with Crippen LogP contribution in [0, 0.1) is 12.8 Å². The summed E-state index contributed by atoms with van der Waals surface area (Å²) in [6.45, 7) is 8.89. The Balaban J connectivity index is 1.86. The molecular weight excluding hydrogens is 366 g/mol. The highest BCUT2D eigenvalue weighted by Gasteiger charge is 2.24. The minimum absolute atomic E-state index is 0.0305. The molecule has 2 aromatic rings. The van der Waals surface area contributed by atoms with E-state index < -0.39 is 5.97 Å². The van der Waals surface area contributed by atoms with E-state index in [-0.39, 0.29) is 24.1 Å². The summed E-state index contributed by atoms with van der Waals surface area (Å²) in [5.41, 5.74) is 0.267. The van der Waals surface area contributed by atoms with Crippen LogP contribution in [0.3, 0.4) is 0 Å². The van der Waals surface area contributed by atoms with Gasteiger partial charge in [0.25, 0.3) is 5.56 Å². The van der Waals surface area contributed by atoms with Crippen molar-refractivity contribution in [3.63, 3.8) is 0 Å². The topological polar surface area (TPSA) is 81.5 Å². The number of aromatic nitrogens is 2. The standard InChI is InChI=1S/C19H25N3O4S/c1-11(2)26-19(25)16-13(4)15-17(27-16)20-10-22(18(15)24)9-14(23)21-7-5-12(3)6-8-21/h10-12H,5-9H2,1-4H3. The van der Waals surface area contributed by atoms with Crippen LogP contribution in [0.2, 0.25) is 0 Å². The van der Waals surface area contributed by atoms with E-state index in [0.717, 1.165) is 37.3 Å². The monoisotopic (exact) mass is 391 g/mol. The number of aryl methyl sites for hydroxylation is 1. The summed E-state index contributed by atoms with van der Waals surface area (Å²) in [5, 5.41) is 0.387. The highest BCUT2D eigenvalue weighted by molar-refractivity contribution is 7.20. The molecule has 27 heavy (non-hydrogen) atoms. The minimum Gasteiger partial charge on any atom is -0.459 e. The molecule has 0 bridgehead atoms. The molecule has 0 aliphatic carbocycles. The van der Waals surface area contributed by atoms with Gasteiger partial charge < -0.3 is 9.64 Å². The van der Waals surface area contributed by atoms with E-state index >= 15 is 0 Å². The first-order valence-electron chi connectivity index (χ1n) is 9.25. The van der Waals surface area contributed by atoms with Crippen LogP contribution < -0.4 is 5.56 Å². The number of carbonyl (C=O) groups excluding carboxylic acids is 2. The number of nitrogens with zero attached hydrogens (tertiary/aromatic N) is 3. The van der Waals surface area contributed by atoms with E-state index in [4.69, 9.17) is 4.74 Å². The molecule has 0 radical (unpaired) electrons. The third-order valence-electron chi connectivity index (χ3n) is 4.89. The summed E-state index contributed by atoms with van der Waals surface area (Å²) in [7, 11) is 0. The van der Waals surface area contributed by atoms with Crippen molar-refractivity contribution in [3.05, 3.63) is 27.1 Å². The Bertz CT molecular complexity index is 923. The molecule has 8 heteroatoms. The number of thiophene rings is 1. The fourth-order valence-electron chi connectivity index (χ4n) is 3.24. The Morgan fingerprint density at radius 1 is 1.33 bits per heavy atom. The van der Waals surface area contributed by atoms with Crippen molar-refractivity contribution >= 4 is 33.4 Å². The molecule has 1 saturated heterocycles. The van der Waals surface area contributed by atoms with E-state index in [2.05, 4.69) is 11.9 Å². The largest absolute Gasteiger partial charge is 0.459 e. The van der Waals surface area contributed by atoms with Crippen LogP contribution in [-0.2, 0) is 16.1 Å². The number of rotatable bonds is 4. The predicted molar refractivity (Wildman–Crippen MR) is 104 cm³/mol. The zero-order valence-corrected chi connectivity index (χ0v) is 17.0. The van der Waals surface area contributed by atoms with Crippen molar-refractivity contribution < 1.29 is 14.3 Å². The number of piperidine rings is 1. The summed E-state index contributed by atoms with van der Waals surface area (Å²) in [5.74, 6) is 0.111. The molecule has 1 aliphatic rings. The first-order valence-corrected chi connectivity index (χ1v) is 10.1. The van der Waals surface area contributed by atoms with Gasteiger partial charge in [-0.15, -0.1) is 11.3 Å². The normalized spacial score (nSPS) is 15.5. The smallest absolute Gasteiger partial charge is 0.348 e. The summed E-state index contributed by atoms with van der Waals surface area (Å²) < 4.78 is 6.58. The van der Waals surface area contributed by atoms with Crippen molar-refractivity contribution in [2.75, 3.05) is 13.1 Å². The molecule has 3 heterocycles. The van der Waals surface area contributed by atoms with E-state index in [1.165, 1.54) is 10.9 Å². The maximum Gasteiger partial charge on any atom is 0.348 e. The van der Waals surface area contributed by atoms with Crippen molar-refractivity contribution in [2.24, 2.45) is 5.92 Å². The maximum absolute atomic E-state index is 12.9. The third kappa shape index (κ3) is 4.05. The number of ether oxygens (including phenoxy) is 1. The van der Waals surface area contributed by atoms with Gasteiger partial charge in [0.2, 0.25) is 5.91 Å². The summed E-state index contributed by atoms with van der Waals surface area (Å²) in [6, 6.07) is 0. The van der Waals surface area contributed by atoms with Gasteiger partial charge in [-0.25, -0.2) is 9.78 Å². The van der Waals surface area contributed by atoms with Gasteiger partial charge in [-0.2, -0.15) is 0 Å². The minimum atomic E-state index is -0.449. The Morgan fingerprint density at radius 3 is 2.63 bits per heavy atom. The molecule has 0 spiro atoms. The van der Waals surface area contributed by atoms with Gasteiger partial charge in [0.1, 0.15) is 16.3 Å². The molecule has 146 valence electrons. The van der Waals surface area contributed by atoms with E-state index in [0.29, 0.717) is 26.6 Å². The number of hydrogen-bond acceptors (Lipinski definition) is 6. The molecule has 0 aromatic carbocycles. The lowest BCUT2D eigenvalue weighted by molar-refractivity contribution is -0.133. The van der Waals surface area contributed by atoms with Crippen LogP contribution in [0.15, 0.2) is 11.1 Å². The quantitative estimate of drug-likeness (QED) is 0.748. The molecule has 0 unspecified atom stereocenters. The molecule has 2 aromatic heterocycles. The second kappa shape index (κ2) is 7.80. The molecule has 1 amide bonds. The molecular formula is C19H25N3O4S. The fraction of sp³-hybridized carbons (Fsp3) is 0.579. The number of likely N-dealkylation sites (tertiary alicyclic amines) is 1. The Labute approximate surface area is 161 Å². The second-order valence-corrected chi connectivity index (χ2v) is 8.43. The molecule has 0 N–H and O–H groups in total. The van der Waals surface area contributed by atoms with Crippen LogP contribution in [0.5, 0.6) is 0 Å². The highest BCUT2D eigenvalue weighted by Crippen LogP contribution is 2.27. The lowest BCUT2D eigenvalue weighted by atomic mass is 9.99. The molecule has 1 aliphatic heterocycles. The van der Waals surface area contributed by atoms with Gasteiger partial charge in [-0.05, 0) is 45.1 Å². The van der Waals surface area contributed by atoms with Gasteiger partial charge in [-0.3, -0.25) is 14.2 Å². The lowest BCUT2D eigenvalue weighted by Crippen LogP contribution is -2.41. The average molecular weight is 391 g/mol. The van der Waals surface area contributed by atoms with Gasteiger partial charge in [0.15, 0.2) is 0 Å². The second-order valence-electron chi connectivity index (χ2n) is 7.43. The predicted octanol–water partition coefficient (Wildman–Crippen LogP) is 2.59. The summed E-state index contributed by atoms with van der Waals surface area (Å²) in [6.07, 6.45) is 3.13. The summed E-state index contributed by atoms with van der Waals surface area (Å²) in [4.78, 5) is 44.7. The Kier molecular flexibility index (Phi) is 5.64. The van der Waals surface area contributed by atoms with Crippen LogP contribution in [0.1, 0.15) is 48.8 Å². The number of carbonyl (C=O) groups is 2. The number of esters is 1. The Hall–Kier alpha value is -2.22. The van der Waals surface area contributed by atoms with Crippen LogP contribution in [0.25, 0.3) is 10.2 Å². The number of amides is 1. The van der Waals surface area contributed by atoms with Crippen molar-refractivity contribution in [1.29, 1.82) is 0 Å². The molecule has 1 fully saturated rings. The first-order chi connectivity index (χ1) is 12.8. The molecule has 3 rings (SSSR count). The summed E-state index contributed by atoms with van der Waals surface area (Å²) >= 11 is 1.15. The molecule has 0 saturated carbocycles. The van der Waals surface area contributed by atoms with Crippen molar-refractivity contribution in [2.45, 2.75) is 53.2 Å². The van der Waals surface area contributed by atoms with Gasteiger partial charge in [0, 0.05) is 13.1 Å². The third-order valence-corrected chi connectivity index (χ3v) is 6.07. The number of fused-ring (bicyclic) bond motifs is 1.